The molecule has 1 N–H and O–H groups in total. The molecule has 5 aromatic rings. The summed E-state index contributed by atoms with van der Waals surface area (Å²) in [6, 6.07) is 15.6. The Balaban J connectivity index is 1.43. The van der Waals surface area contributed by atoms with Crippen LogP contribution >= 0.6 is 0 Å². The standard InChI is InChI=1S/C32H27FN4O5/c1-6-24-18(2)28(32(39)37(19(24)3)22-11-7-20(33)8-12-22)30(38)35-21-9-13-23(14-10-21)42-26-15-16-34-25-17-27(40-4)31(41-5)36-29(25)26/h6-17H,1H2,2-5H3,(H,35,38). The first kappa shape index (κ1) is 28.0. The second-order valence-corrected chi connectivity index (χ2v) is 9.28. The number of anilines is 1. The van der Waals surface area contributed by atoms with E-state index >= 15 is 0 Å². The van der Waals surface area contributed by atoms with E-state index in [4.69, 9.17) is 14.2 Å². The van der Waals surface area contributed by atoms with E-state index in [-0.39, 0.29) is 5.56 Å². The maximum absolute atomic E-state index is 13.6. The molecule has 9 nitrogen and oxygen atoms in total. The van der Waals surface area contributed by atoms with Gasteiger partial charge in [-0.2, -0.15) is 0 Å². The number of pyridine rings is 3. The predicted octanol–water partition coefficient (Wildman–Crippen LogP) is 6.24. The Labute approximate surface area is 240 Å². The molecule has 0 radical (unpaired) electrons. The second kappa shape index (κ2) is 11.5. The van der Waals surface area contributed by atoms with E-state index in [1.54, 1.807) is 62.5 Å². The summed E-state index contributed by atoms with van der Waals surface area (Å²) >= 11 is 0. The number of nitrogens with zero attached hydrogens (tertiary/aromatic N) is 3. The summed E-state index contributed by atoms with van der Waals surface area (Å²) in [4.78, 5) is 35.8. The number of ether oxygens (including phenoxy) is 3. The van der Waals surface area contributed by atoms with Crippen molar-refractivity contribution in [2.45, 2.75) is 13.8 Å². The molecule has 0 bridgehead atoms. The average Bonchev–Trinajstić information content (AvgIpc) is 2.98. The van der Waals surface area contributed by atoms with E-state index in [0.717, 1.165) is 0 Å². The zero-order valence-electron chi connectivity index (χ0n) is 23.4. The number of halogens is 1. The zero-order chi connectivity index (χ0) is 30.0. The minimum atomic E-state index is -0.587. The minimum absolute atomic E-state index is 0.0427. The monoisotopic (exact) mass is 566 g/mol. The largest absolute Gasteiger partial charge is 0.491 e. The lowest BCUT2D eigenvalue weighted by Gasteiger charge is -2.18. The number of carbonyl (C=O) groups excluding carboxylic acids is 1. The van der Waals surface area contributed by atoms with E-state index in [9.17, 15) is 14.0 Å². The Bertz CT molecular complexity index is 1880. The van der Waals surface area contributed by atoms with Crippen molar-refractivity contribution in [2.75, 3.05) is 19.5 Å². The van der Waals surface area contributed by atoms with Gasteiger partial charge in [-0.1, -0.05) is 12.7 Å². The van der Waals surface area contributed by atoms with Gasteiger partial charge < -0.3 is 19.5 Å². The topological polar surface area (TPSA) is 105 Å². The Morgan fingerprint density at radius 3 is 2.36 bits per heavy atom. The number of amides is 1. The Kier molecular flexibility index (Phi) is 7.70. The molecule has 0 aliphatic heterocycles. The highest BCUT2D eigenvalue weighted by Gasteiger charge is 2.22. The summed E-state index contributed by atoms with van der Waals surface area (Å²) in [6.45, 7) is 7.31. The predicted molar refractivity (Wildman–Crippen MR) is 159 cm³/mol. The van der Waals surface area contributed by atoms with Crippen LogP contribution in [0, 0.1) is 19.7 Å². The molecule has 0 saturated carbocycles. The molecule has 0 aliphatic carbocycles. The van der Waals surface area contributed by atoms with E-state index in [0.29, 0.717) is 62.4 Å². The van der Waals surface area contributed by atoms with E-state index < -0.39 is 17.3 Å². The molecule has 3 heterocycles. The number of aromatic nitrogens is 3. The SMILES string of the molecule is C=Cc1c(C)c(C(=O)Nc2ccc(Oc3ccnc4cc(OC)c(OC)nc34)cc2)c(=O)n(-c2ccc(F)cc2)c1C. The van der Waals surface area contributed by atoms with Crippen molar-refractivity contribution in [1.29, 1.82) is 0 Å². The van der Waals surface area contributed by atoms with Crippen LogP contribution in [0.4, 0.5) is 10.1 Å². The lowest BCUT2D eigenvalue weighted by Crippen LogP contribution is -2.32. The van der Waals surface area contributed by atoms with Gasteiger partial charge in [-0.25, -0.2) is 9.37 Å². The molecular formula is C32H27FN4O5. The molecule has 1 amide bonds. The third kappa shape index (κ3) is 5.17. The van der Waals surface area contributed by atoms with Gasteiger partial charge in [-0.3, -0.25) is 19.1 Å². The first-order chi connectivity index (χ1) is 20.2. The van der Waals surface area contributed by atoms with Gasteiger partial charge in [0, 0.05) is 35.4 Å². The number of hydrogen-bond acceptors (Lipinski definition) is 7. The van der Waals surface area contributed by atoms with Crippen LogP contribution in [0.15, 0.2) is 78.2 Å². The summed E-state index contributed by atoms with van der Waals surface area (Å²) in [5.41, 5.74) is 3.09. The normalized spacial score (nSPS) is 10.8. The third-order valence-electron chi connectivity index (χ3n) is 6.80. The highest BCUT2D eigenvalue weighted by atomic mass is 19.1. The van der Waals surface area contributed by atoms with Crippen molar-refractivity contribution >= 4 is 28.7 Å². The molecule has 0 fully saturated rings. The Morgan fingerprint density at radius 1 is 1.00 bits per heavy atom. The summed E-state index contributed by atoms with van der Waals surface area (Å²) in [5, 5.41) is 2.79. The molecular weight excluding hydrogens is 539 g/mol. The van der Waals surface area contributed by atoms with Gasteiger partial charge in [-0.05, 0) is 73.5 Å². The smallest absolute Gasteiger partial charge is 0.268 e. The Morgan fingerprint density at radius 2 is 1.71 bits per heavy atom. The van der Waals surface area contributed by atoms with Crippen molar-refractivity contribution in [3.63, 3.8) is 0 Å². The fraction of sp³-hybridized carbons (Fsp3) is 0.125. The molecule has 42 heavy (non-hydrogen) atoms. The number of carbonyl (C=O) groups is 1. The van der Waals surface area contributed by atoms with Crippen molar-refractivity contribution in [1.82, 2.24) is 14.5 Å². The highest BCUT2D eigenvalue weighted by Crippen LogP contribution is 2.34. The number of rotatable bonds is 8. The fourth-order valence-corrected chi connectivity index (χ4v) is 4.73. The van der Waals surface area contributed by atoms with Crippen molar-refractivity contribution < 1.29 is 23.4 Å². The van der Waals surface area contributed by atoms with Crippen LogP contribution in [0.1, 0.15) is 27.2 Å². The minimum Gasteiger partial charge on any atom is -0.491 e. The quantitative estimate of drug-likeness (QED) is 0.237. The number of nitrogens with one attached hydrogen (secondary N) is 1. The summed E-state index contributed by atoms with van der Waals surface area (Å²) in [5.74, 6) is 0.658. The van der Waals surface area contributed by atoms with Gasteiger partial charge in [0.1, 0.15) is 22.6 Å². The van der Waals surface area contributed by atoms with E-state index in [1.807, 2.05) is 0 Å². The van der Waals surface area contributed by atoms with Crippen LogP contribution in [0.3, 0.4) is 0 Å². The summed E-state index contributed by atoms with van der Waals surface area (Å²) in [7, 11) is 3.01. The van der Waals surface area contributed by atoms with Crippen LogP contribution < -0.4 is 25.1 Å². The van der Waals surface area contributed by atoms with Crippen LogP contribution in [0.2, 0.25) is 0 Å². The van der Waals surface area contributed by atoms with Crippen molar-refractivity contribution in [2.24, 2.45) is 0 Å². The van der Waals surface area contributed by atoms with Gasteiger partial charge in [0.05, 0.1) is 19.7 Å². The number of hydrogen-bond donors (Lipinski definition) is 1. The molecule has 0 spiro atoms. The van der Waals surface area contributed by atoms with Crippen LogP contribution in [0.5, 0.6) is 23.1 Å². The fourth-order valence-electron chi connectivity index (χ4n) is 4.73. The maximum atomic E-state index is 13.6. The molecule has 212 valence electrons. The lowest BCUT2D eigenvalue weighted by atomic mass is 10.0. The Hall–Kier alpha value is -5.51. The summed E-state index contributed by atoms with van der Waals surface area (Å²) in [6.07, 6.45) is 3.19. The van der Waals surface area contributed by atoms with Crippen LogP contribution in [-0.2, 0) is 0 Å². The van der Waals surface area contributed by atoms with Gasteiger partial charge >= 0.3 is 0 Å². The number of fused-ring (bicyclic) bond motifs is 1. The zero-order valence-corrected chi connectivity index (χ0v) is 23.4. The third-order valence-corrected chi connectivity index (χ3v) is 6.80. The van der Waals surface area contributed by atoms with E-state index in [2.05, 4.69) is 21.9 Å². The van der Waals surface area contributed by atoms with Crippen molar-refractivity contribution in [3.8, 4) is 28.8 Å². The lowest BCUT2D eigenvalue weighted by molar-refractivity contribution is 0.102. The average molecular weight is 567 g/mol. The first-order valence-electron chi connectivity index (χ1n) is 12.9. The molecule has 3 aromatic heterocycles. The van der Waals surface area contributed by atoms with Gasteiger partial charge in [0.15, 0.2) is 11.5 Å². The molecule has 2 aromatic carbocycles. The molecule has 0 saturated heterocycles. The molecule has 5 rings (SSSR count). The highest BCUT2D eigenvalue weighted by molar-refractivity contribution is 6.05. The molecule has 0 aliphatic rings. The molecule has 10 heteroatoms. The van der Waals surface area contributed by atoms with Crippen molar-refractivity contribution in [3.05, 3.63) is 112 Å². The molecule has 0 atom stereocenters. The van der Waals surface area contributed by atoms with Gasteiger partial charge in [0.2, 0.25) is 0 Å². The second-order valence-electron chi connectivity index (χ2n) is 9.28. The first-order valence-corrected chi connectivity index (χ1v) is 12.9. The van der Waals surface area contributed by atoms with Gasteiger partial charge in [-0.15, -0.1) is 0 Å². The number of benzene rings is 2. The maximum Gasteiger partial charge on any atom is 0.268 e. The summed E-state index contributed by atoms with van der Waals surface area (Å²) < 4.78 is 31.6. The van der Waals surface area contributed by atoms with Crippen LogP contribution in [0.25, 0.3) is 22.8 Å². The van der Waals surface area contributed by atoms with Crippen LogP contribution in [-0.4, -0.2) is 34.7 Å². The van der Waals surface area contributed by atoms with Gasteiger partial charge in [0.25, 0.3) is 17.3 Å². The molecule has 0 unspecified atom stereocenters. The number of methoxy groups -OCH3 is 2. The van der Waals surface area contributed by atoms with E-state index in [1.165, 1.54) is 43.1 Å².